The number of likely N-dealkylation sites (N-methyl/N-ethyl adjacent to an activating group) is 1. The zero-order valence-electron chi connectivity index (χ0n) is 19.4. The number of piperazine rings is 1. The van der Waals surface area contributed by atoms with E-state index in [9.17, 15) is 13.2 Å². The number of fused-ring (bicyclic) bond motifs is 1. The van der Waals surface area contributed by atoms with E-state index in [2.05, 4.69) is 32.0 Å². The number of pyridine rings is 1. The van der Waals surface area contributed by atoms with Crippen molar-refractivity contribution < 1.29 is 13.2 Å². The fourth-order valence-corrected chi connectivity index (χ4v) is 4.33. The number of anilines is 2. The molecule has 1 aliphatic heterocycles. The van der Waals surface area contributed by atoms with E-state index in [1.165, 1.54) is 12.1 Å². The van der Waals surface area contributed by atoms with Gasteiger partial charge in [-0.1, -0.05) is 25.1 Å². The van der Waals surface area contributed by atoms with Crippen LogP contribution in [0.5, 0.6) is 0 Å². The normalized spacial score (nSPS) is 15.9. The SMILES string of the molecule is CCN1CCN(c2cc3c(N[C@H](C)c4cccc(C(F)F)c4F)nc(C)nc3nc2C)CC1. The van der Waals surface area contributed by atoms with Gasteiger partial charge in [-0.15, -0.1) is 0 Å². The molecule has 0 saturated carbocycles. The topological polar surface area (TPSA) is 57.2 Å². The lowest BCUT2D eigenvalue weighted by Crippen LogP contribution is -2.46. The highest BCUT2D eigenvalue weighted by atomic mass is 19.3. The molecule has 0 radical (unpaired) electrons. The molecule has 4 rings (SSSR count). The van der Waals surface area contributed by atoms with E-state index in [-0.39, 0.29) is 5.56 Å². The standard InChI is InChI=1S/C24H29F3N6/c1-5-32-9-11-33(12-10-32)20-13-19-23(30-16(4)31-24(19)29-15(20)3)28-14(2)17-7-6-8-18(21(17)25)22(26)27/h6-8,13-14,22H,5,9-12H2,1-4H3,(H,28,29,30,31)/t14-/m1/s1. The number of hydrogen-bond acceptors (Lipinski definition) is 6. The molecule has 1 N–H and O–H groups in total. The molecule has 0 bridgehead atoms. The van der Waals surface area contributed by atoms with Crippen LogP contribution in [0.1, 0.15) is 49.0 Å². The van der Waals surface area contributed by atoms with Crippen molar-refractivity contribution in [1.29, 1.82) is 0 Å². The highest BCUT2D eigenvalue weighted by molar-refractivity contribution is 5.90. The van der Waals surface area contributed by atoms with Gasteiger partial charge in [-0.3, -0.25) is 0 Å². The fourth-order valence-electron chi connectivity index (χ4n) is 4.33. The molecule has 0 aliphatic carbocycles. The number of halogens is 3. The predicted molar refractivity (Wildman–Crippen MR) is 125 cm³/mol. The summed E-state index contributed by atoms with van der Waals surface area (Å²) < 4.78 is 41.1. The van der Waals surface area contributed by atoms with Gasteiger partial charge < -0.3 is 15.1 Å². The summed E-state index contributed by atoms with van der Waals surface area (Å²) in [6.45, 7) is 12.4. The van der Waals surface area contributed by atoms with Crippen LogP contribution in [0.25, 0.3) is 11.0 Å². The zero-order valence-corrected chi connectivity index (χ0v) is 19.4. The molecular weight excluding hydrogens is 429 g/mol. The number of nitrogens with zero attached hydrogens (tertiary/aromatic N) is 5. The maximum Gasteiger partial charge on any atom is 0.266 e. The number of nitrogens with one attached hydrogen (secondary N) is 1. The average molecular weight is 459 g/mol. The Kier molecular flexibility index (Phi) is 6.69. The Morgan fingerprint density at radius 2 is 1.73 bits per heavy atom. The third kappa shape index (κ3) is 4.73. The molecule has 0 unspecified atom stereocenters. The van der Waals surface area contributed by atoms with Crippen LogP contribution in [0.3, 0.4) is 0 Å². The summed E-state index contributed by atoms with van der Waals surface area (Å²) >= 11 is 0. The minimum atomic E-state index is -2.87. The summed E-state index contributed by atoms with van der Waals surface area (Å²) in [6.07, 6.45) is -2.87. The first-order valence-corrected chi connectivity index (χ1v) is 11.2. The van der Waals surface area contributed by atoms with Crippen molar-refractivity contribution in [2.75, 3.05) is 42.9 Å². The van der Waals surface area contributed by atoms with E-state index in [1.54, 1.807) is 13.8 Å². The third-order valence-electron chi connectivity index (χ3n) is 6.24. The van der Waals surface area contributed by atoms with E-state index in [0.717, 1.165) is 55.6 Å². The van der Waals surface area contributed by atoms with Crippen LogP contribution in [0, 0.1) is 19.7 Å². The van der Waals surface area contributed by atoms with Gasteiger partial charge in [0.25, 0.3) is 6.43 Å². The maximum absolute atomic E-state index is 14.7. The molecule has 6 nitrogen and oxygen atoms in total. The van der Waals surface area contributed by atoms with E-state index in [0.29, 0.717) is 17.3 Å². The highest BCUT2D eigenvalue weighted by Crippen LogP contribution is 2.32. The number of alkyl halides is 2. The Bertz CT molecular complexity index is 1140. The average Bonchev–Trinajstić information content (AvgIpc) is 2.78. The van der Waals surface area contributed by atoms with Crippen molar-refractivity contribution in [3.8, 4) is 0 Å². The molecule has 3 aromatic rings. The summed E-state index contributed by atoms with van der Waals surface area (Å²) in [5, 5.41) is 3.93. The molecule has 1 fully saturated rings. The van der Waals surface area contributed by atoms with Gasteiger partial charge in [-0.25, -0.2) is 28.1 Å². The van der Waals surface area contributed by atoms with Crippen molar-refractivity contribution in [1.82, 2.24) is 19.9 Å². The van der Waals surface area contributed by atoms with E-state index in [4.69, 9.17) is 4.98 Å². The van der Waals surface area contributed by atoms with E-state index < -0.39 is 23.8 Å². The van der Waals surface area contributed by atoms with Gasteiger partial charge in [0.1, 0.15) is 17.5 Å². The van der Waals surface area contributed by atoms with Crippen molar-refractivity contribution in [3.05, 3.63) is 52.7 Å². The molecule has 1 aromatic carbocycles. The molecule has 2 aromatic heterocycles. The summed E-state index contributed by atoms with van der Waals surface area (Å²) in [5.74, 6) is 0.133. The van der Waals surface area contributed by atoms with E-state index >= 15 is 0 Å². The second kappa shape index (κ2) is 9.51. The monoisotopic (exact) mass is 458 g/mol. The van der Waals surface area contributed by atoms with Gasteiger partial charge in [0.15, 0.2) is 5.65 Å². The van der Waals surface area contributed by atoms with Gasteiger partial charge in [0.05, 0.1) is 28.4 Å². The molecule has 3 heterocycles. The van der Waals surface area contributed by atoms with Crippen LogP contribution in [0.15, 0.2) is 24.3 Å². The zero-order chi connectivity index (χ0) is 23.7. The van der Waals surface area contributed by atoms with Crippen molar-refractivity contribution in [2.24, 2.45) is 0 Å². The first kappa shape index (κ1) is 23.2. The smallest absolute Gasteiger partial charge is 0.266 e. The van der Waals surface area contributed by atoms with Crippen LogP contribution >= 0.6 is 0 Å². The maximum atomic E-state index is 14.7. The minimum Gasteiger partial charge on any atom is -0.367 e. The van der Waals surface area contributed by atoms with Gasteiger partial charge >= 0.3 is 0 Å². The van der Waals surface area contributed by atoms with Gasteiger partial charge in [0.2, 0.25) is 0 Å². The Labute approximate surface area is 191 Å². The summed E-state index contributed by atoms with van der Waals surface area (Å²) in [5.41, 5.74) is 2.02. The Morgan fingerprint density at radius 3 is 2.39 bits per heavy atom. The lowest BCUT2D eigenvalue weighted by molar-refractivity contribution is 0.146. The molecule has 1 atom stereocenters. The first-order valence-electron chi connectivity index (χ1n) is 11.2. The molecule has 0 spiro atoms. The van der Waals surface area contributed by atoms with Crippen LogP contribution in [0.2, 0.25) is 0 Å². The second-order valence-electron chi connectivity index (χ2n) is 8.42. The third-order valence-corrected chi connectivity index (χ3v) is 6.24. The highest BCUT2D eigenvalue weighted by Gasteiger charge is 2.22. The number of rotatable bonds is 6. The lowest BCUT2D eigenvalue weighted by atomic mass is 10.0. The summed E-state index contributed by atoms with van der Waals surface area (Å²) in [7, 11) is 0. The molecular formula is C24H29F3N6. The van der Waals surface area contributed by atoms with Gasteiger partial charge in [0, 0.05) is 31.7 Å². The van der Waals surface area contributed by atoms with Gasteiger partial charge in [-0.2, -0.15) is 0 Å². The largest absolute Gasteiger partial charge is 0.367 e. The fraction of sp³-hybridized carbons (Fsp3) is 0.458. The van der Waals surface area contributed by atoms with Gasteiger partial charge in [-0.05, 0) is 33.4 Å². The number of hydrogen-bond donors (Lipinski definition) is 1. The Hall–Kier alpha value is -2.94. The Balaban J connectivity index is 1.70. The molecule has 33 heavy (non-hydrogen) atoms. The summed E-state index contributed by atoms with van der Waals surface area (Å²) in [6, 6.07) is 5.51. The van der Waals surface area contributed by atoms with E-state index in [1.807, 2.05) is 13.0 Å². The van der Waals surface area contributed by atoms with Crippen LogP contribution in [-0.2, 0) is 0 Å². The molecule has 176 valence electrons. The van der Waals surface area contributed by atoms with Crippen molar-refractivity contribution >= 4 is 22.5 Å². The predicted octanol–water partition coefficient (Wildman–Crippen LogP) is 5.03. The minimum absolute atomic E-state index is 0.160. The molecule has 9 heteroatoms. The number of aromatic nitrogens is 3. The second-order valence-corrected chi connectivity index (χ2v) is 8.42. The first-order chi connectivity index (χ1) is 15.8. The Morgan fingerprint density at radius 1 is 1.03 bits per heavy atom. The van der Waals surface area contributed by atoms with Crippen LogP contribution in [-0.4, -0.2) is 52.6 Å². The molecule has 1 aliphatic rings. The number of aryl methyl sites for hydroxylation is 2. The number of benzene rings is 1. The van der Waals surface area contributed by atoms with Crippen LogP contribution in [0.4, 0.5) is 24.7 Å². The lowest BCUT2D eigenvalue weighted by Gasteiger charge is -2.36. The molecule has 0 amide bonds. The quantitative estimate of drug-likeness (QED) is 0.559. The van der Waals surface area contributed by atoms with Crippen LogP contribution < -0.4 is 10.2 Å². The van der Waals surface area contributed by atoms with Crippen molar-refractivity contribution in [3.63, 3.8) is 0 Å². The van der Waals surface area contributed by atoms with Crippen molar-refractivity contribution in [2.45, 2.75) is 40.2 Å². The summed E-state index contributed by atoms with van der Waals surface area (Å²) in [4.78, 5) is 18.5. The molecule has 1 saturated heterocycles.